The number of aryl methyl sites for hydroxylation is 1. The van der Waals surface area contributed by atoms with Crippen molar-refractivity contribution in [2.75, 3.05) is 17.0 Å². The second-order valence-corrected chi connectivity index (χ2v) is 8.17. The number of nitrogens with two attached hydrogens (primary N) is 1. The molecule has 1 rings (SSSR count). The minimum atomic E-state index is -3.34. The maximum atomic E-state index is 12.1. The van der Waals surface area contributed by atoms with E-state index in [1.807, 2.05) is 33.8 Å². The Bertz CT molecular complexity index is 647. The largest absolute Gasteiger partial charge is 0.320 e. The van der Waals surface area contributed by atoms with E-state index in [1.165, 1.54) is 0 Å². The molecule has 0 saturated heterocycles. The SMILES string of the molecule is Cc1cc(C#CCN)cc(NS(=O)(=O)CCC(C)(C)C)c1. The molecular formula is C16H24N2O2S. The fourth-order valence-electron chi connectivity index (χ4n) is 1.74. The van der Waals surface area contributed by atoms with Crippen LogP contribution in [-0.4, -0.2) is 20.7 Å². The van der Waals surface area contributed by atoms with Crippen molar-refractivity contribution in [2.24, 2.45) is 11.1 Å². The van der Waals surface area contributed by atoms with Gasteiger partial charge in [-0.25, -0.2) is 8.42 Å². The van der Waals surface area contributed by atoms with Crippen LogP contribution >= 0.6 is 0 Å². The van der Waals surface area contributed by atoms with Crippen LogP contribution < -0.4 is 10.5 Å². The van der Waals surface area contributed by atoms with Crippen LogP contribution in [0.1, 0.15) is 38.3 Å². The number of benzene rings is 1. The zero-order valence-corrected chi connectivity index (χ0v) is 14.0. The van der Waals surface area contributed by atoms with Gasteiger partial charge in [-0.1, -0.05) is 32.6 Å². The maximum absolute atomic E-state index is 12.1. The predicted octanol–water partition coefficient (Wildman–Crippen LogP) is 2.48. The summed E-state index contributed by atoms with van der Waals surface area (Å²) in [4.78, 5) is 0. The van der Waals surface area contributed by atoms with E-state index >= 15 is 0 Å². The topological polar surface area (TPSA) is 72.2 Å². The summed E-state index contributed by atoms with van der Waals surface area (Å²) in [6.07, 6.45) is 0.605. The molecule has 0 aliphatic rings. The maximum Gasteiger partial charge on any atom is 0.232 e. The molecule has 0 aliphatic carbocycles. The van der Waals surface area contributed by atoms with Crippen LogP contribution in [0, 0.1) is 24.2 Å². The first kappa shape index (κ1) is 17.5. The molecule has 0 amide bonds. The summed E-state index contributed by atoms with van der Waals surface area (Å²) < 4.78 is 26.9. The molecule has 0 bridgehead atoms. The predicted molar refractivity (Wildman–Crippen MR) is 88.6 cm³/mol. The van der Waals surface area contributed by atoms with Crippen LogP contribution in [0.5, 0.6) is 0 Å². The normalized spacial score (nSPS) is 11.7. The first-order valence-corrected chi connectivity index (χ1v) is 8.58. The van der Waals surface area contributed by atoms with Gasteiger partial charge in [-0.05, 0) is 42.5 Å². The molecule has 0 aromatic heterocycles. The third-order valence-electron chi connectivity index (χ3n) is 2.81. The Balaban J connectivity index is 2.89. The molecule has 0 fully saturated rings. The van der Waals surface area contributed by atoms with Gasteiger partial charge in [-0.15, -0.1) is 0 Å². The van der Waals surface area contributed by atoms with Crippen molar-refractivity contribution in [3.63, 3.8) is 0 Å². The van der Waals surface area contributed by atoms with Crippen LogP contribution in [0.4, 0.5) is 5.69 Å². The van der Waals surface area contributed by atoms with Crippen LogP contribution in [0.3, 0.4) is 0 Å². The standard InChI is InChI=1S/C16H24N2O2S/c1-13-10-14(6-5-8-17)12-15(11-13)18-21(19,20)9-7-16(2,3)4/h10-12,18H,7-9,17H2,1-4H3. The number of nitrogens with one attached hydrogen (secondary N) is 1. The lowest BCUT2D eigenvalue weighted by Crippen LogP contribution is -2.21. The van der Waals surface area contributed by atoms with Crippen LogP contribution in [0.2, 0.25) is 0 Å². The number of rotatable bonds is 4. The van der Waals surface area contributed by atoms with Crippen molar-refractivity contribution >= 4 is 15.7 Å². The summed E-state index contributed by atoms with van der Waals surface area (Å²) in [6.45, 7) is 8.25. The van der Waals surface area contributed by atoms with Gasteiger partial charge < -0.3 is 5.73 Å². The smallest absolute Gasteiger partial charge is 0.232 e. The van der Waals surface area contributed by atoms with Gasteiger partial charge in [-0.2, -0.15) is 0 Å². The highest BCUT2D eigenvalue weighted by molar-refractivity contribution is 7.92. The molecule has 0 radical (unpaired) electrons. The summed E-state index contributed by atoms with van der Waals surface area (Å²) in [7, 11) is -3.34. The first-order chi connectivity index (χ1) is 9.61. The van der Waals surface area contributed by atoms with Crippen molar-refractivity contribution in [3.05, 3.63) is 29.3 Å². The lowest BCUT2D eigenvalue weighted by Gasteiger charge is -2.18. The Morgan fingerprint density at radius 2 is 1.90 bits per heavy atom. The van der Waals surface area contributed by atoms with Crippen LogP contribution in [0.15, 0.2) is 18.2 Å². The lowest BCUT2D eigenvalue weighted by atomic mass is 9.94. The van der Waals surface area contributed by atoms with Crippen LogP contribution in [-0.2, 0) is 10.0 Å². The minimum Gasteiger partial charge on any atom is -0.320 e. The van der Waals surface area contributed by atoms with Gasteiger partial charge >= 0.3 is 0 Å². The summed E-state index contributed by atoms with van der Waals surface area (Å²) in [5, 5.41) is 0. The van der Waals surface area contributed by atoms with Gasteiger partial charge in [0.05, 0.1) is 12.3 Å². The van der Waals surface area contributed by atoms with Crippen molar-refractivity contribution in [1.29, 1.82) is 0 Å². The van der Waals surface area contributed by atoms with Gasteiger partial charge in [0.25, 0.3) is 0 Å². The quantitative estimate of drug-likeness (QED) is 0.839. The highest BCUT2D eigenvalue weighted by Crippen LogP contribution is 2.21. The fraction of sp³-hybridized carbons (Fsp3) is 0.500. The Hall–Kier alpha value is -1.51. The van der Waals surface area contributed by atoms with E-state index in [0.29, 0.717) is 12.1 Å². The van der Waals surface area contributed by atoms with E-state index in [1.54, 1.807) is 12.1 Å². The minimum absolute atomic E-state index is 0.0148. The van der Waals surface area contributed by atoms with E-state index < -0.39 is 10.0 Å². The zero-order valence-electron chi connectivity index (χ0n) is 13.2. The average Bonchev–Trinajstić information content (AvgIpc) is 2.32. The van der Waals surface area contributed by atoms with E-state index in [9.17, 15) is 8.42 Å². The molecule has 0 unspecified atom stereocenters. The molecule has 4 nitrogen and oxygen atoms in total. The highest BCUT2D eigenvalue weighted by atomic mass is 32.2. The van der Waals surface area contributed by atoms with E-state index in [4.69, 9.17) is 5.73 Å². The molecule has 116 valence electrons. The van der Waals surface area contributed by atoms with Gasteiger partial charge in [-0.3, -0.25) is 4.72 Å². The summed E-state index contributed by atoms with van der Waals surface area (Å²) in [6, 6.07) is 5.42. The fourth-order valence-corrected chi connectivity index (χ4v) is 3.20. The van der Waals surface area contributed by atoms with Crippen molar-refractivity contribution in [3.8, 4) is 11.8 Å². The molecular weight excluding hydrogens is 284 g/mol. The molecule has 0 saturated carbocycles. The number of hydrogen-bond donors (Lipinski definition) is 2. The summed E-state index contributed by atoms with van der Waals surface area (Å²) in [5.41, 5.74) is 7.59. The Labute approximate surface area is 128 Å². The second kappa shape index (κ2) is 6.97. The zero-order chi connectivity index (χ0) is 16.1. The molecule has 0 heterocycles. The van der Waals surface area contributed by atoms with Gasteiger partial charge in [0.1, 0.15) is 0 Å². The lowest BCUT2D eigenvalue weighted by molar-refractivity contribution is 0.397. The van der Waals surface area contributed by atoms with Crippen LogP contribution in [0.25, 0.3) is 0 Å². The average molecular weight is 308 g/mol. The first-order valence-electron chi connectivity index (χ1n) is 6.92. The van der Waals surface area contributed by atoms with E-state index in [-0.39, 0.29) is 17.7 Å². The second-order valence-electron chi connectivity index (χ2n) is 6.33. The number of anilines is 1. The highest BCUT2D eigenvalue weighted by Gasteiger charge is 2.17. The van der Waals surface area contributed by atoms with E-state index in [0.717, 1.165) is 11.1 Å². The number of hydrogen-bond acceptors (Lipinski definition) is 3. The molecule has 0 atom stereocenters. The molecule has 1 aromatic carbocycles. The molecule has 5 heteroatoms. The molecule has 21 heavy (non-hydrogen) atoms. The molecule has 3 N–H and O–H groups in total. The monoisotopic (exact) mass is 308 g/mol. The molecule has 0 spiro atoms. The van der Waals surface area contributed by atoms with Crippen molar-refractivity contribution in [1.82, 2.24) is 0 Å². The third-order valence-corrected chi connectivity index (χ3v) is 4.09. The van der Waals surface area contributed by atoms with Crippen molar-refractivity contribution < 1.29 is 8.42 Å². The summed E-state index contributed by atoms with van der Waals surface area (Å²) in [5.74, 6) is 5.79. The van der Waals surface area contributed by atoms with Gasteiger partial charge in [0.2, 0.25) is 10.0 Å². The van der Waals surface area contributed by atoms with E-state index in [2.05, 4.69) is 16.6 Å². The Kier molecular flexibility index (Phi) is 5.82. The molecule has 1 aromatic rings. The Morgan fingerprint density at radius 3 is 2.48 bits per heavy atom. The third kappa shape index (κ3) is 7.16. The Morgan fingerprint density at radius 1 is 1.24 bits per heavy atom. The molecule has 0 aliphatic heterocycles. The number of sulfonamides is 1. The van der Waals surface area contributed by atoms with Gasteiger partial charge in [0, 0.05) is 11.3 Å². The summed E-state index contributed by atoms with van der Waals surface area (Å²) >= 11 is 0. The van der Waals surface area contributed by atoms with Gasteiger partial charge in [0.15, 0.2) is 0 Å². The van der Waals surface area contributed by atoms with Crippen molar-refractivity contribution in [2.45, 2.75) is 34.1 Å².